The largest absolute Gasteiger partial charge is 0.493 e. The van der Waals surface area contributed by atoms with Gasteiger partial charge in [-0.3, -0.25) is 0 Å². The van der Waals surface area contributed by atoms with Crippen LogP contribution in [0.3, 0.4) is 0 Å². The Balaban J connectivity index is 1.54. The normalized spacial score (nSPS) is 19.8. The highest BCUT2D eigenvalue weighted by molar-refractivity contribution is 5.84. The van der Waals surface area contributed by atoms with Gasteiger partial charge in [0, 0.05) is 0 Å². The lowest BCUT2D eigenvalue weighted by molar-refractivity contribution is 0.300. The molecule has 1 aliphatic carbocycles. The molecule has 4 rings (SSSR count). The highest BCUT2D eigenvalue weighted by Gasteiger charge is 2.22. The van der Waals surface area contributed by atoms with Crippen molar-refractivity contribution in [1.29, 1.82) is 0 Å². The van der Waals surface area contributed by atoms with E-state index < -0.39 is 0 Å². The summed E-state index contributed by atoms with van der Waals surface area (Å²) >= 11 is 0. The van der Waals surface area contributed by atoms with E-state index in [1.54, 1.807) is 0 Å². The maximum atomic E-state index is 5.88. The lowest BCUT2D eigenvalue weighted by atomic mass is 9.89. The van der Waals surface area contributed by atoms with Gasteiger partial charge in [-0.25, -0.2) is 0 Å². The SMILES string of the molecule is c1cc2cc(C3CCNCC3)ccc2cc1OCC1CC1. The Hall–Kier alpha value is -1.54. The van der Waals surface area contributed by atoms with Gasteiger partial charge in [0.2, 0.25) is 0 Å². The van der Waals surface area contributed by atoms with Crippen LogP contribution in [0.5, 0.6) is 5.75 Å². The fourth-order valence-electron chi connectivity index (χ4n) is 3.24. The molecule has 110 valence electrons. The summed E-state index contributed by atoms with van der Waals surface area (Å²) in [5.74, 6) is 2.55. The third-order valence-corrected chi connectivity index (χ3v) is 4.83. The average Bonchev–Trinajstić information content (AvgIpc) is 3.37. The van der Waals surface area contributed by atoms with Gasteiger partial charge in [-0.05, 0) is 79.1 Å². The van der Waals surface area contributed by atoms with E-state index in [9.17, 15) is 0 Å². The van der Waals surface area contributed by atoms with E-state index in [2.05, 4.69) is 41.7 Å². The maximum absolute atomic E-state index is 5.88. The van der Waals surface area contributed by atoms with Crippen molar-refractivity contribution in [1.82, 2.24) is 5.32 Å². The molecule has 2 fully saturated rings. The second-order valence-corrected chi connectivity index (χ2v) is 6.55. The predicted octanol–water partition coefficient (Wildman–Crippen LogP) is 4.10. The van der Waals surface area contributed by atoms with Crippen LogP contribution in [0.15, 0.2) is 36.4 Å². The highest BCUT2D eigenvalue weighted by atomic mass is 16.5. The summed E-state index contributed by atoms with van der Waals surface area (Å²) in [7, 11) is 0. The summed E-state index contributed by atoms with van der Waals surface area (Å²) in [5, 5.41) is 6.07. The lowest BCUT2D eigenvalue weighted by Crippen LogP contribution is -2.26. The standard InChI is InChI=1S/C19H23NO/c1-2-14(1)13-21-19-6-5-17-11-16(3-4-18(17)12-19)15-7-9-20-10-8-15/h3-6,11-12,14-15,20H,1-2,7-10,13H2. The first kappa shape index (κ1) is 13.1. The van der Waals surface area contributed by atoms with Gasteiger partial charge < -0.3 is 10.1 Å². The van der Waals surface area contributed by atoms with Crippen molar-refractivity contribution in [2.24, 2.45) is 5.92 Å². The molecule has 1 aliphatic heterocycles. The minimum absolute atomic E-state index is 0.724. The fourth-order valence-corrected chi connectivity index (χ4v) is 3.24. The van der Waals surface area contributed by atoms with E-state index in [1.165, 1.54) is 42.0 Å². The first-order valence-corrected chi connectivity index (χ1v) is 8.26. The molecular formula is C19H23NO. The van der Waals surface area contributed by atoms with Crippen LogP contribution in [-0.2, 0) is 0 Å². The molecule has 0 radical (unpaired) electrons. The lowest BCUT2D eigenvalue weighted by Gasteiger charge is -2.23. The number of hydrogen-bond donors (Lipinski definition) is 1. The Morgan fingerprint density at radius 3 is 2.48 bits per heavy atom. The maximum Gasteiger partial charge on any atom is 0.119 e. The van der Waals surface area contributed by atoms with Crippen molar-refractivity contribution in [2.75, 3.05) is 19.7 Å². The van der Waals surface area contributed by atoms with Crippen molar-refractivity contribution in [3.63, 3.8) is 0 Å². The molecule has 0 atom stereocenters. The van der Waals surface area contributed by atoms with E-state index >= 15 is 0 Å². The van der Waals surface area contributed by atoms with Crippen LogP contribution >= 0.6 is 0 Å². The van der Waals surface area contributed by atoms with E-state index in [4.69, 9.17) is 4.74 Å². The molecule has 2 nitrogen and oxygen atoms in total. The van der Waals surface area contributed by atoms with Crippen LogP contribution in [0.1, 0.15) is 37.2 Å². The highest BCUT2D eigenvalue weighted by Crippen LogP contribution is 2.32. The molecular weight excluding hydrogens is 258 g/mol. The van der Waals surface area contributed by atoms with Gasteiger partial charge in [-0.15, -0.1) is 0 Å². The zero-order chi connectivity index (χ0) is 14.1. The van der Waals surface area contributed by atoms with Crippen LogP contribution in [0.2, 0.25) is 0 Å². The Bertz CT molecular complexity index is 626. The summed E-state index contributed by atoms with van der Waals surface area (Å²) in [4.78, 5) is 0. The molecule has 2 aliphatic rings. The zero-order valence-electron chi connectivity index (χ0n) is 12.5. The van der Waals surface area contributed by atoms with Crippen LogP contribution in [0.4, 0.5) is 0 Å². The molecule has 2 aromatic carbocycles. The molecule has 1 N–H and O–H groups in total. The number of benzene rings is 2. The summed E-state index contributed by atoms with van der Waals surface area (Å²) in [5.41, 5.74) is 1.50. The summed E-state index contributed by atoms with van der Waals surface area (Å²) in [6, 6.07) is 13.5. The fraction of sp³-hybridized carbons (Fsp3) is 0.474. The molecule has 0 bridgehead atoms. The molecule has 2 aromatic rings. The van der Waals surface area contributed by atoms with Crippen LogP contribution in [0.25, 0.3) is 10.8 Å². The number of fused-ring (bicyclic) bond motifs is 1. The molecule has 1 saturated carbocycles. The zero-order valence-corrected chi connectivity index (χ0v) is 12.5. The first-order chi connectivity index (χ1) is 10.4. The molecule has 0 unspecified atom stereocenters. The van der Waals surface area contributed by atoms with Gasteiger partial charge in [-0.1, -0.05) is 24.3 Å². The van der Waals surface area contributed by atoms with Gasteiger partial charge in [0.1, 0.15) is 5.75 Å². The molecule has 0 amide bonds. The molecule has 1 heterocycles. The van der Waals surface area contributed by atoms with Gasteiger partial charge in [-0.2, -0.15) is 0 Å². The number of piperidine rings is 1. The Morgan fingerprint density at radius 1 is 0.905 bits per heavy atom. The number of ether oxygens (including phenoxy) is 1. The third kappa shape index (κ3) is 3.06. The predicted molar refractivity (Wildman–Crippen MR) is 87.0 cm³/mol. The molecule has 1 saturated heterocycles. The molecule has 2 heteroatoms. The van der Waals surface area contributed by atoms with E-state index in [0.29, 0.717) is 0 Å². The van der Waals surface area contributed by atoms with Crippen LogP contribution < -0.4 is 10.1 Å². The minimum atomic E-state index is 0.724. The molecule has 0 spiro atoms. The van der Waals surface area contributed by atoms with Crippen molar-refractivity contribution in [3.05, 3.63) is 42.0 Å². The number of rotatable bonds is 4. The second kappa shape index (κ2) is 5.69. The van der Waals surface area contributed by atoms with Crippen molar-refractivity contribution >= 4 is 10.8 Å². The van der Waals surface area contributed by atoms with Gasteiger partial charge in [0.25, 0.3) is 0 Å². The van der Waals surface area contributed by atoms with Gasteiger partial charge >= 0.3 is 0 Å². The van der Waals surface area contributed by atoms with E-state index in [1.807, 2.05) is 0 Å². The quantitative estimate of drug-likeness (QED) is 0.911. The van der Waals surface area contributed by atoms with Crippen molar-refractivity contribution < 1.29 is 4.74 Å². The Morgan fingerprint density at radius 2 is 1.67 bits per heavy atom. The smallest absolute Gasteiger partial charge is 0.119 e. The van der Waals surface area contributed by atoms with Crippen LogP contribution in [0, 0.1) is 5.92 Å². The summed E-state index contributed by atoms with van der Waals surface area (Å²) in [6.45, 7) is 3.19. The topological polar surface area (TPSA) is 21.3 Å². The van der Waals surface area contributed by atoms with Crippen LogP contribution in [-0.4, -0.2) is 19.7 Å². The van der Waals surface area contributed by atoms with E-state index in [-0.39, 0.29) is 0 Å². The first-order valence-electron chi connectivity index (χ1n) is 8.26. The number of nitrogens with one attached hydrogen (secondary N) is 1. The Labute approximate surface area is 126 Å². The van der Waals surface area contributed by atoms with Crippen molar-refractivity contribution in [2.45, 2.75) is 31.6 Å². The second-order valence-electron chi connectivity index (χ2n) is 6.55. The van der Waals surface area contributed by atoms with Crippen molar-refractivity contribution in [3.8, 4) is 5.75 Å². The monoisotopic (exact) mass is 281 g/mol. The summed E-state index contributed by atoms with van der Waals surface area (Å²) in [6.07, 6.45) is 5.20. The average molecular weight is 281 g/mol. The Kier molecular flexibility index (Phi) is 3.56. The van der Waals surface area contributed by atoms with Gasteiger partial charge in [0.05, 0.1) is 6.61 Å². The minimum Gasteiger partial charge on any atom is -0.493 e. The molecule has 0 aromatic heterocycles. The van der Waals surface area contributed by atoms with E-state index in [0.717, 1.165) is 37.3 Å². The van der Waals surface area contributed by atoms with Gasteiger partial charge in [0.15, 0.2) is 0 Å². The third-order valence-electron chi connectivity index (χ3n) is 4.83. The number of hydrogen-bond acceptors (Lipinski definition) is 2. The molecule has 21 heavy (non-hydrogen) atoms. The summed E-state index contributed by atoms with van der Waals surface area (Å²) < 4.78 is 5.88.